The zero-order valence-electron chi connectivity index (χ0n) is 21.1. The molecule has 5 atom stereocenters. The second kappa shape index (κ2) is 11.3. The Morgan fingerprint density at radius 3 is 2.61 bits per heavy atom. The van der Waals surface area contributed by atoms with E-state index in [1.807, 2.05) is 27.7 Å². The molecule has 10 nitrogen and oxygen atoms in total. The van der Waals surface area contributed by atoms with Gasteiger partial charge in [0.05, 0.1) is 47.4 Å². The standard InChI is InChI=1S/C24H32N2O8S2/c1-12-18-17(13(2)28)21(29)26(18)19(20(12)35-8-7-16-15(9-27)25-11-36-16)22(30)33-14(3)34-23(31)32-10-24(4,5)6/h7-8,11-14,17-18,27-28H,9-10H2,1-6H3/b8-7-/t12-,13-,14?,17-,18-/m1/s1. The monoisotopic (exact) mass is 540 g/mol. The third-order valence-corrected chi connectivity index (χ3v) is 7.62. The van der Waals surface area contributed by atoms with E-state index in [1.165, 1.54) is 34.9 Å². The summed E-state index contributed by atoms with van der Waals surface area (Å²) in [5.41, 5.74) is 1.98. The fourth-order valence-corrected chi connectivity index (χ4v) is 5.82. The Labute approximate surface area is 218 Å². The van der Waals surface area contributed by atoms with Gasteiger partial charge in [-0.15, -0.1) is 11.3 Å². The quantitative estimate of drug-likeness (QED) is 0.272. The molecule has 1 unspecified atom stereocenters. The summed E-state index contributed by atoms with van der Waals surface area (Å²) >= 11 is 2.61. The zero-order valence-corrected chi connectivity index (χ0v) is 22.7. The molecule has 2 aliphatic rings. The molecular formula is C24H32N2O8S2. The minimum atomic E-state index is -1.25. The van der Waals surface area contributed by atoms with Crippen molar-refractivity contribution in [2.24, 2.45) is 17.3 Å². The molecule has 36 heavy (non-hydrogen) atoms. The molecule has 3 heterocycles. The van der Waals surface area contributed by atoms with Crippen LogP contribution in [0.25, 0.3) is 6.08 Å². The molecule has 0 bridgehead atoms. The van der Waals surface area contributed by atoms with E-state index in [9.17, 15) is 24.6 Å². The summed E-state index contributed by atoms with van der Waals surface area (Å²) in [4.78, 5) is 44.8. The number of thioether (sulfide) groups is 1. The molecule has 198 valence electrons. The predicted molar refractivity (Wildman–Crippen MR) is 134 cm³/mol. The first-order valence-corrected chi connectivity index (χ1v) is 13.3. The molecule has 2 aliphatic heterocycles. The van der Waals surface area contributed by atoms with E-state index < -0.39 is 30.4 Å². The lowest BCUT2D eigenvalue weighted by Crippen LogP contribution is -2.63. The number of β-lactam (4-membered cyclic amide) rings is 1. The fourth-order valence-electron chi connectivity index (χ4n) is 4.05. The van der Waals surface area contributed by atoms with Crippen molar-refractivity contribution >= 4 is 47.2 Å². The minimum absolute atomic E-state index is 0.0641. The van der Waals surface area contributed by atoms with Crippen molar-refractivity contribution < 1.29 is 38.8 Å². The van der Waals surface area contributed by atoms with Crippen LogP contribution in [-0.2, 0) is 30.4 Å². The summed E-state index contributed by atoms with van der Waals surface area (Å²) < 4.78 is 15.4. The third-order valence-electron chi connectivity index (χ3n) is 5.70. The highest BCUT2D eigenvalue weighted by Gasteiger charge is 2.60. The molecule has 1 aromatic rings. The summed E-state index contributed by atoms with van der Waals surface area (Å²) in [7, 11) is 0. The van der Waals surface area contributed by atoms with Gasteiger partial charge in [0.2, 0.25) is 12.2 Å². The number of hydrogen-bond acceptors (Lipinski definition) is 11. The van der Waals surface area contributed by atoms with Gasteiger partial charge in [-0.3, -0.25) is 4.79 Å². The van der Waals surface area contributed by atoms with Gasteiger partial charge in [0, 0.05) is 17.7 Å². The predicted octanol–water partition coefficient (Wildman–Crippen LogP) is 3.50. The summed E-state index contributed by atoms with van der Waals surface area (Å²) in [5.74, 6) is -2.06. The maximum atomic E-state index is 13.2. The molecule has 1 amide bonds. The summed E-state index contributed by atoms with van der Waals surface area (Å²) in [6.45, 7) is 10.4. The molecular weight excluding hydrogens is 508 g/mol. The van der Waals surface area contributed by atoms with Crippen molar-refractivity contribution in [1.82, 2.24) is 9.88 Å². The number of hydrogen-bond donors (Lipinski definition) is 2. The number of aromatic nitrogens is 1. The summed E-state index contributed by atoms with van der Waals surface area (Å²) in [6, 6.07) is -0.389. The Morgan fingerprint density at radius 2 is 2.00 bits per heavy atom. The number of amides is 1. The van der Waals surface area contributed by atoms with E-state index in [4.69, 9.17) is 14.2 Å². The summed E-state index contributed by atoms with van der Waals surface area (Å²) in [6.07, 6.45) is -1.31. The van der Waals surface area contributed by atoms with Crippen LogP contribution in [0.3, 0.4) is 0 Å². The molecule has 12 heteroatoms. The maximum absolute atomic E-state index is 13.2. The lowest BCUT2D eigenvalue weighted by Gasteiger charge is -2.46. The van der Waals surface area contributed by atoms with Crippen LogP contribution in [0.15, 0.2) is 21.5 Å². The van der Waals surface area contributed by atoms with Gasteiger partial charge in [-0.2, -0.15) is 0 Å². The van der Waals surface area contributed by atoms with Gasteiger partial charge in [-0.1, -0.05) is 39.5 Å². The first kappa shape index (κ1) is 28.2. The van der Waals surface area contributed by atoms with E-state index >= 15 is 0 Å². The number of rotatable bonds is 9. The smallest absolute Gasteiger partial charge is 0.434 e. The molecule has 1 aromatic heterocycles. The molecule has 0 spiro atoms. The van der Waals surface area contributed by atoms with Crippen molar-refractivity contribution in [1.29, 1.82) is 0 Å². The van der Waals surface area contributed by atoms with Crippen molar-refractivity contribution in [3.05, 3.63) is 32.1 Å². The summed E-state index contributed by atoms with van der Waals surface area (Å²) in [5, 5.41) is 21.3. The first-order valence-electron chi connectivity index (χ1n) is 11.5. The molecule has 0 aromatic carbocycles. The second-order valence-corrected chi connectivity index (χ2v) is 11.7. The number of carbonyl (C=O) groups is 3. The number of aliphatic hydroxyl groups is 2. The van der Waals surface area contributed by atoms with Gasteiger partial charge >= 0.3 is 12.1 Å². The fraction of sp³-hybridized carbons (Fsp3) is 0.583. The number of nitrogens with zero attached hydrogens (tertiary/aromatic N) is 2. The molecule has 0 radical (unpaired) electrons. The highest BCUT2D eigenvalue weighted by atomic mass is 32.2. The highest BCUT2D eigenvalue weighted by Crippen LogP contribution is 2.51. The van der Waals surface area contributed by atoms with Crippen LogP contribution in [0, 0.1) is 17.3 Å². The third kappa shape index (κ3) is 6.10. The zero-order chi connectivity index (χ0) is 26.8. The number of carbonyl (C=O) groups excluding carboxylic acids is 3. The van der Waals surface area contributed by atoms with Gasteiger partial charge in [-0.25, -0.2) is 14.6 Å². The lowest BCUT2D eigenvalue weighted by atomic mass is 9.79. The number of aliphatic hydroxyl groups excluding tert-OH is 2. The second-order valence-electron chi connectivity index (χ2n) is 9.90. The molecule has 1 fully saturated rings. The van der Waals surface area contributed by atoms with Gasteiger partial charge in [-0.05, 0) is 23.8 Å². The maximum Gasteiger partial charge on any atom is 0.511 e. The van der Waals surface area contributed by atoms with Crippen LogP contribution in [0.5, 0.6) is 0 Å². The topological polar surface area (TPSA) is 135 Å². The Kier molecular flexibility index (Phi) is 8.86. The Hall–Kier alpha value is -2.41. The van der Waals surface area contributed by atoms with E-state index in [0.29, 0.717) is 10.6 Å². The van der Waals surface area contributed by atoms with Gasteiger partial charge < -0.3 is 29.3 Å². The van der Waals surface area contributed by atoms with Crippen LogP contribution in [0.1, 0.15) is 52.1 Å². The molecule has 0 aliphatic carbocycles. The first-order chi connectivity index (χ1) is 16.9. The van der Waals surface area contributed by atoms with Gasteiger partial charge in [0.1, 0.15) is 5.70 Å². The van der Waals surface area contributed by atoms with Crippen LogP contribution in [0.2, 0.25) is 0 Å². The molecule has 2 N–H and O–H groups in total. The SMILES string of the molecule is CC(OC(=O)OCC(C)(C)C)OC(=O)C1=C(S/C=C\c2scnc2CO)[C@H](C)[C@@H]2[C@@H]([C@@H](C)O)C(=O)N12. The van der Waals surface area contributed by atoms with Crippen molar-refractivity contribution in [3.8, 4) is 0 Å². The Morgan fingerprint density at radius 1 is 1.31 bits per heavy atom. The molecule has 1 saturated heterocycles. The van der Waals surface area contributed by atoms with E-state index in [2.05, 4.69) is 4.98 Å². The molecule has 0 saturated carbocycles. The normalized spacial score (nSPS) is 23.4. The average Bonchev–Trinajstić information content (AvgIpc) is 3.32. The number of esters is 1. The Balaban J connectivity index is 1.77. The van der Waals surface area contributed by atoms with E-state index in [-0.39, 0.29) is 42.2 Å². The largest absolute Gasteiger partial charge is 0.511 e. The lowest BCUT2D eigenvalue weighted by molar-refractivity contribution is -0.173. The van der Waals surface area contributed by atoms with E-state index in [1.54, 1.807) is 23.9 Å². The van der Waals surface area contributed by atoms with Crippen molar-refractivity contribution in [3.63, 3.8) is 0 Å². The Bertz CT molecular complexity index is 1060. The average molecular weight is 541 g/mol. The number of ether oxygens (including phenoxy) is 3. The van der Waals surface area contributed by atoms with Gasteiger partial charge in [0.25, 0.3) is 0 Å². The van der Waals surface area contributed by atoms with Crippen LogP contribution in [0.4, 0.5) is 4.79 Å². The number of fused-ring (bicyclic) bond motifs is 1. The van der Waals surface area contributed by atoms with Crippen molar-refractivity contribution in [2.75, 3.05) is 6.61 Å². The van der Waals surface area contributed by atoms with Crippen LogP contribution in [-0.4, -0.2) is 63.2 Å². The van der Waals surface area contributed by atoms with Crippen LogP contribution < -0.4 is 0 Å². The number of thiazole rings is 1. The van der Waals surface area contributed by atoms with E-state index in [0.717, 1.165) is 4.88 Å². The molecule has 3 rings (SSSR count). The van der Waals surface area contributed by atoms with Crippen molar-refractivity contribution in [2.45, 2.75) is 66.6 Å². The minimum Gasteiger partial charge on any atom is -0.434 e. The van der Waals surface area contributed by atoms with Crippen LogP contribution >= 0.6 is 23.1 Å². The highest BCUT2D eigenvalue weighted by molar-refractivity contribution is 8.06. The van der Waals surface area contributed by atoms with Gasteiger partial charge in [0.15, 0.2) is 0 Å².